The van der Waals surface area contributed by atoms with Gasteiger partial charge in [-0.25, -0.2) is 4.98 Å². The van der Waals surface area contributed by atoms with Crippen LogP contribution in [0.1, 0.15) is 27.3 Å². The first-order chi connectivity index (χ1) is 14.0. The highest BCUT2D eigenvalue weighted by Crippen LogP contribution is 2.35. The van der Waals surface area contributed by atoms with Crippen molar-refractivity contribution >= 4 is 52.5 Å². The van der Waals surface area contributed by atoms with Crippen LogP contribution in [0.2, 0.25) is 15.1 Å². The Hall–Kier alpha value is -1.72. The maximum Gasteiger partial charge on any atom is 0.269 e. The van der Waals surface area contributed by atoms with E-state index < -0.39 is 0 Å². The fourth-order valence-corrected chi connectivity index (χ4v) is 4.73. The summed E-state index contributed by atoms with van der Waals surface area (Å²) < 4.78 is 0. The zero-order valence-corrected chi connectivity index (χ0v) is 18.8. The molecule has 1 amide bonds. The molecule has 0 spiro atoms. The molecule has 3 aromatic rings. The number of nitrogens with one attached hydrogen (secondary N) is 1. The van der Waals surface area contributed by atoms with Crippen LogP contribution in [-0.4, -0.2) is 17.4 Å². The first kappa shape index (κ1) is 22.0. The van der Waals surface area contributed by atoms with Crippen molar-refractivity contribution in [3.05, 3.63) is 92.2 Å². The Morgan fingerprint density at radius 2 is 1.62 bits per heavy atom. The molecule has 1 heterocycles. The summed E-state index contributed by atoms with van der Waals surface area (Å²) in [5.74, 6) is 0.348. The molecule has 0 unspecified atom stereocenters. The quantitative estimate of drug-likeness (QED) is 0.399. The number of hydrogen-bond acceptors (Lipinski definition) is 3. The van der Waals surface area contributed by atoms with Gasteiger partial charge in [-0.3, -0.25) is 4.79 Å². The zero-order valence-electron chi connectivity index (χ0n) is 15.7. The largest absolute Gasteiger partial charge is 0.350 e. The summed E-state index contributed by atoms with van der Waals surface area (Å²) in [5.41, 5.74) is 3.32. The van der Waals surface area contributed by atoms with Crippen molar-refractivity contribution < 1.29 is 4.79 Å². The molecule has 0 bridgehead atoms. The third-order valence-corrected chi connectivity index (χ3v) is 6.71. The Bertz CT molecular complexity index is 986. The molecule has 29 heavy (non-hydrogen) atoms. The highest BCUT2D eigenvalue weighted by atomic mass is 35.5. The molecule has 7 heteroatoms. The average molecular weight is 466 g/mol. The van der Waals surface area contributed by atoms with Gasteiger partial charge in [0.25, 0.3) is 5.91 Å². The van der Waals surface area contributed by atoms with Crippen molar-refractivity contribution in [1.82, 2.24) is 10.3 Å². The van der Waals surface area contributed by atoms with E-state index in [1.807, 2.05) is 43.3 Å². The Morgan fingerprint density at radius 1 is 0.966 bits per heavy atom. The fourth-order valence-electron chi connectivity index (χ4n) is 2.83. The summed E-state index contributed by atoms with van der Waals surface area (Å²) in [6, 6.07) is 16.6. The first-order valence-corrected chi connectivity index (χ1v) is 11.1. The summed E-state index contributed by atoms with van der Waals surface area (Å²) in [4.78, 5) is 17.8. The average Bonchev–Trinajstić information content (AvgIpc) is 2.70. The van der Waals surface area contributed by atoms with Gasteiger partial charge in [0, 0.05) is 22.2 Å². The van der Waals surface area contributed by atoms with Crippen LogP contribution in [0.5, 0.6) is 0 Å². The minimum atomic E-state index is -0.211. The molecular weight excluding hydrogens is 447 g/mol. The van der Waals surface area contributed by atoms with Gasteiger partial charge in [0.2, 0.25) is 0 Å². The van der Waals surface area contributed by atoms with Crippen molar-refractivity contribution in [3.63, 3.8) is 0 Å². The van der Waals surface area contributed by atoms with E-state index in [2.05, 4.69) is 10.3 Å². The number of nitrogens with zero attached hydrogens (tertiary/aromatic N) is 1. The Labute approximate surface area is 189 Å². The second-order valence-corrected chi connectivity index (χ2v) is 8.60. The fraction of sp³-hybridized carbons (Fsp3) is 0.182. The molecule has 150 valence electrons. The summed E-state index contributed by atoms with van der Waals surface area (Å²) >= 11 is 20.2. The summed E-state index contributed by atoms with van der Waals surface area (Å²) in [7, 11) is 0. The lowest BCUT2D eigenvalue weighted by Crippen LogP contribution is -2.27. The Morgan fingerprint density at radius 3 is 2.34 bits per heavy atom. The number of halogens is 3. The number of benzene rings is 2. The number of aromatic nitrogens is 1. The van der Waals surface area contributed by atoms with Crippen molar-refractivity contribution in [2.24, 2.45) is 0 Å². The van der Waals surface area contributed by atoms with E-state index in [9.17, 15) is 4.79 Å². The molecule has 0 saturated carbocycles. The smallest absolute Gasteiger partial charge is 0.269 e. The molecule has 1 N–H and O–H groups in total. The third kappa shape index (κ3) is 5.89. The highest BCUT2D eigenvalue weighted by Gasteiger charge is 2.11. The van der Waals surface area contributed by atoms with Gasteiger partial charge in [-0.1, -0.05) is 59.1 Å². The molecule has 0 atom stereocenters. The predicted octanol–water partition coefficient (Wildman–Crippen LogP) is 6.62. The summed E-state index contributed by atoms with van der Waals surface area (Å²) in [5, 5.41) is 4.84. The van der Waals surface area contributed by atoms with E-state index in [1.165, 1.54) is 11.8 Å². The molecule has 3 nitrogen and oxygen atoms in total. The SMILES string of the molecule is Cc1cccc(Cl)c1CCNC(=O)c1cccc(CSc2c(Cl)cccc2Cl)n1. The Balaban J connectivity index is 1.59. The lowest BCUT2D eigenvalue weighted by atomic mass is 10.1. The number of carbonyl (C=O) groups is 1. The van der Waals surface area contributed by atoms with Crippen LogP contribution in [0.15, 0.2) is 59.5 Å². The minimum absolute atomic E-state index is 0.211. The predicted molar refractivity (Wildman–Crippen MR) is 122 cm³/mol. The Kier molecular flexibility index (Phi) is 7.84. The van der Waals surface area contributed by atoms with Crippen molar-refractivity contribution in [1.29, 1.82) is 0 Å². The van der Waals surface area contributed by atoms with Crippen molar-refractivity contribution in [3.8, 4) is 0 Å². The number of thioether (sulfide) groups is 1. The van der Waals surface area contributed by atoms with E-state index >= 15 is 0 Å². The zero-order chi connectivity index (χ0) is 20.8. The van der Waals surface area contributed by atoms with Crippen molar-refractivity contribution in [2.45, 2.75) is 24.0 Å². The van der Waals surface area contributed by atoms with Gasteiger partial charge in [0.05, 0.1) is 15.7 Å². The maximum atomic E-state index is 12.5. The molecule has 0 radical (unpaired) electrons. The first-order valence-electron chi connectivity index (χ1n) is 9.00. The molecule has 0 aliphatic heterocycles. The lowest BCUT2D eigenvalue weighted by molar-refractivity contribution is 0.0949. The number of amides is 1. The van der Waals surface area contributed by atoms with Crippen LogP contribution in [0, 0.1) is 6.92 Å². The second kappa shape index (κ2) is 10.4. The number of hydrogen-bond donors (Lipinski definition) is 1. The number of aryl methyl sites for hydroxylation is 1. The summed E-state index contributed by atoms with van der Waals surface area (Å²) in [6.45, 7) is 2.50. The minimum Gasteiger partial charge on any atom is -0.350 e. The van der Waals surface area contributed by atoms with Gasteiger partial charge < -0.3 is 5.32 Å². The van der Waals surface area contributed by atoms with Gasteiger partial charge in [-0.05, 0) is 54.8 Å². The van der Waals surface area contributed by atoms with E-state index in [0.29, 0.717) is 34.5 Å². The monoisotopic (exact) mass is 464 g/mol. The molecule has 0 aliphatic rings. The maximum absolute atomic E-state index is 12.5. The topological polar surface area (TPSA) is 42.0 Å². The van der Waals surface area contributed by atoms with Crippen LogP contribution in [-0.2, 0) is 12.2 Å². The molecule has 0 saturated heterocycles. The molecule has 2 aromatic carbocycles. The number of rotatable bonds is 7. The van der Waals surface area contributed by atoms with Crippen LogP contribution in [0.25, 0.3) is 0 Å². The van der Waals surface area contributed by atoms with Crippen molar-refractivity contribution in [2.75, 3.05) is 6.54 Å². The molecule has 3 rings (SSSR count). The molecule has 1 aromatic heterocycles. The van der Waals surface area contributed by atoms with E-state index in [0.717, 1.165) is 26.7 Å². The van der Waals surface area contributed by atoms with Gasteiger partial charge in [-0.2, -0.15) is 0 Å². The van der Waals surface area contributed by atoms with Crippen LogP contribution in [0.4, 0.5) is 0 Å². The summed E-state index contributed by atoms with van der Waals surface area (Å²) in [6.07, 6.45) is 0.664. The van der Waals surface area contributed by atoms with Crippen LogP contribution >= 0.6 is 46.6 Å². The van der Waals surface area contributed by atoms with E-state index in [1.54, 1.807) is 18.2 Å². The van der Waals surface area contributed by atoms with Gasteiger partial charge in [0.1, 0.15) is 5.69 Å². The van der Waals surface area contributed by atoms with Gasteiger partial charge in [0.15, 0.2) is 0 Å². The van der Waals surface area contributed by atoms with E-state index in [-0.39, 0.29) is 5.91 Å². The third-order valence-electron chi connectivity index (χ3n) is 4.34. The lowest BCUT2D eigenvalue weighted by Gasteiger charge is -2.10. The number of pyridine rings is 1. The van der Waals surface area contributed by atoms with E-state index in [4.69, 9.17) is 34.8 Å². The second-order valence-electron chi connectivity index (χ2n) is 6.39. The number of carbonyl (C=O) groups excluding carboxylic acids is 1. The molecule has 0 fully saturated rings. The van der Waals surface area contributed by atoms with Crippen LogP contribution in [0.3, 0.4) is 0 Å². The normalized spacial score (nSPS) is 10.8. The standard InChI is InChI=1S/C22H19Cl3N2OS/c1-14-5-2-7-17(23)16(14)11-12-26-22(28)20-10-3-6-15(27-20)13-29-21-18(24)8-4-9-19(21)25/h2-10H,11-13H2,1H3,(H,26,28). The van der Waals surface area contributed by atoms with Crippen LogP contribution < -0.4 is 5.32 Å². The van der Waals surface area contributed by atoms with Gasteiger partial charge >= 0.3 is 0 Å². The van der Waals surface area contributed by atoms with Gasteiger partial charge in [-0.15, -0.1) is 11.8 Å². The molecule has 0 aliphatic carbocycles. The molecular formula is C22H19Cl3N2OS. The highest BCUT2D eigenvalue weighted by molar-refractivity contribution is 7.98.